The second-order valence-corrected chi connectivity index (χ2v) is 6.76. The van der Waals surface area contributed by atoms with Crippen LogP contribution in [0.1, 0.15) is 33.3 Å². The molecule has 1 fully saturated rings. The predicted octanol–water partition coefficient (Wildman–Crippen LogP) is 2.85. The molecule has 0 aliphatic carbocycles. The standard InChI is InChI=1S/C15H24ClN3O/c1-11-10-20-6-5-19(11)14-7-12(13(16)9-17-14)8-18-15(2,3)4/h7,9,11,18H,5-6,8,10H2,1-4H3. The minimum Gasteiger partial charge on any atom is -0.377 e. The Balaban J connectivity index is 2.15. The Kier molecular flexibility index (Phi) is 4.89. The molecule has 1 atom stereocenters. The van der Waals surface area contributed by atoms with Gasteiger partial charge in [0.15, 0.2) is 0 Å². The van der Waals surface area contributed by atoms with E-state index in [-0.39, 0.29) is 5.54 Å². The van der Waals surface area contributed by atoms with E-state index in [1.807, 2.05) is 0 Å². The van der Waals surface area contributed by atoms with Gasteiger partial charge in [0.05, 0.1) is 24.3 Å². The molecule has 20 heavy (non-hydrogen) atoms. The van der Waals surface area contributed by atoms with Gasteiger partial charge >= 0.3 is 0 Å². The molecule has 0 aromatic carbocycles. The number of aromatic nitrogens is 1. The Morgan fingerprint density at radius 1 is 1.50 bits per heavy atom. The first-order chi connectivity index (χ1) is 9.37. The number of nitrogens with one attached hydrogen (secondary N) is 1. The molecule has 1 saturated heterocycles. The summed E-state index contributed by atoms with van der Waals surface area (Å²) in [5.41, 5.74) is 1.16. The topological polar surface area (TPSA) is 37.4 Å². The molecule has 1 aromatic heterocycles. The fourth-order valence-corrected chi connectivity index (χ4v) is 2.36. The zero-order valence-corrected chi connectivity index (χ0v) is 13.5. The Morgan fingerprint density at radius 3 is 2.90 bits per heavy atom. The SMILES string of the molecule is CC1COCCN1c1cc(CNC(C)(C)C)c(Cl)cn1. The number of nitrogens with zero attached hydrogens (tertiary/aromatic N) is 2. The molecule has 0 radical (unpaired) electrons. The van der Waals surface area contributed by atoms with Gasteiger partial charge in [0, 0.05) is 24.8 Å². The van der Waals surface area contributed by atoms with Crippen molar-refractivity contribution < 1.29 is 4.74 Å². The second-order valence-electron chi connectivity index (χ2n) is 6.35. The molecule has 1 unspecified atom stereocenters. The van der Waals surface area contributed by atoms with Crippen molar-refractivity contribution >= 4 is 17.4 Å². The van der Waals surface area contributed by atoms with E-state index in [0.29, 0.717) is 11.1 Å². The lowest BCUT2D eigenvalue weighted by molar-refractivity contribution is 0.0985. The third kappa shape index (κ3) is 4.08. The normalized spacial score (nSPS) is 20.2. The zero-order valence-electron chi connectivity index (χ0n) is 12.7. The summed E-state index contributed by atoms with van der Waals surface area (Å²) in [6, 6.07) is 2.43. The minimum atomic E-state index is 0.0685. The maximum Gasteiger partial charge on any atom is 0.129 e. The van der Waals surface area contributed by atoms with Crippen LogP contribution in [0.2, 0.25) is 5.02 Å². The smallest absolute Gasteiger partial charge is 0.129 e. The van der Waals surface area contributed by atoms with Gasteiger partial charge in [0.1, 0.15) is 5.82 Å². The van der Waals surface area contributed by atoms with Crippen molar-refractivity contribution in [1.29, 1.82) is 0 Å². The highest BCUT2D eigenvalue weighted by molar-refractivity contribution is 6.31. The minimum absolute atomic E-state index is 0.0685. The van der Waals surface area contributed by atoms with Crippen LogP contribution in [-0.4, -0.2) is 36.3 Å². The van der Waals surface area contributed by atoms with Crippen LogP contribution in [0, 0.1) is 0 Å². The molecule has 2 rings (SSSR count). The second kappa shape index (κ2) is 6.29. The molecule has 112 valence electrons. The number of hydrogen-bond acceptors (Lipinski definition) is 4. The lowest BCUT2D eigenvalue weighted by Crippen LogP contribution is -2.44. The summed E-state index contributed by atoms with van der Waals surface area (Å²) < 4.78 is 5.47. The maximum absolute atomic E-state index is 6.25. The van der Waals surface area contributed by atoms with E-state index in [2.05, 4.69) is 49.0 Å². The van der Waals surface area contributed by atoms with E-state index < -0.39 is 0 Å². The number of pyridine rings is 1. The molecular formula is C15H24ClN3O. The molecule has 0 saturated carbocycles. The average molecular weight is 298 g/mol. The van der Waals surface area contributed by atoms with Gasteiger partial charge in [-0.25, -0.2) is 4.98 Å². The van der Waals surface area contributed by atoms with E-state index in [4.69, 9.17) is 16.3 Å². The van der Waals surface area contributed by atoms with Crippen LogP contribution in [0.25, 0.3) is 0 Å². The van der Waals surface area contributed by atoms with Crippen molar-refractivity contribution in [2.75, 3.05) is 24.7 Å². The summed E-state index contributed by atoms with van der Waals surface area (Å²) in [7, 11) is 0. The summed E-state index contributed by atoms with van der Waals surface area (Å²) in [5.74, 6) is 0.982. The van der Waals surface area contributed by atoms with Crippen molar-refractivity contribution in [3.63, 3.8) is 0 Å². The summed E-state index contributed by atoms with van der Waals surface area (Å²) in [5, 5.41) is 4.18. The lowest BCUT2D eigenvalue weighted by atomic mass is 10.1. The number of ether oxygens (including phenoxy) is 1. The van der Waals surface area contributed by atoms with E-state index in [1.165, 1.54) is 0 Å². The van der Waals surface area contributed by atoms with E-state index in [9.17, 15) is 0 Å². The molecule has 0 spiro atoms. The molecule has 1 aromatic rings. The molecule has 0 amide bonds. The number of morpholine rings is 1. The lowest BCUT2D eigenvalue weighted by Gasteiger charge is -2.34. The van der Waals surface area contributed by atoms with Crippen LogP contribution in [-0.2, 0) is 11.3 Å². The van der Waals surface area contributed by atoms with Gasteiger partial charge in [-0.2, -0.15) is 0 Å². The molecule has 2 heterocycles. The van der Waals surface area contributed by atoms with Crippen LogP contribution in [0.3, 0.4) is 0 Å². The molecule has 1 aliphatic heterocycles. The largest absolute Gasteiger partial charge is 0.377 e. The molecule has 5 heteroatoms. The van der Waals surface area contributed by atoms with Gasteiger partial charge in [-0.3, -0.25) is 0 Å². The Bertz CT molecular complexity index is 459. The van der Waals surface area contributed by atoms with Gasteiger partial charge in [0.25, 0.3) is 0 Å². The summed E-state index contributed by atoms with van der Waals surface area (Å²) in [6.07, 6.45) is 1.75. The Labute approximate surface area is 126 Å². The number of halogens is 1. The predicted molar refractivity (Wildman–Crippen MR) is 83.5 cm³/mol. The van der Waals surface area contributed by atoms with Crippen molar-refractivity contribution in [2.24, 2.45) is 0 Å². The highest BCUT2D eigenvalue weighted by Crippen LogP contribution is 2.23. The number of rotatable bonds is 3. The third-order valence-electron chi connectivity index (χ3n) is 3.39. The van der Waals surface area contributed by atoms with E-state index >= 15 is 0 Å². The molecule has 1 aliphatic rings. The van der Waals surface area contributed by atoms with Crippen molar-refractivity contribution in [1.82, 2.24) is 10.3 Å². The van der Waals surface area contributed by atoms with Gasteiger partial charge < -0.3 is 15.0 Å². The summed E-state index contributed by atoms with van der Waals surface area (Å²) >= 11 is 6.25. The van der Waals surface area contributed by atoms with E-state index in [1.54, 1.807) is 6.20 Å². The Hall–Kier alpha value is -0.840. The van der Waals surface area contributed by atoms with Crippen LogP contribution >= 0.6 is 11.6 Å². The first-order valence-electron chi connectivity index (χ1n) is 7.10. The molecule has 0 bridgehead atoms. The van der Waals surface area contributed by atoms with Crippen molar-refractivity contribution in [2.45, 2.75) is 45.8 Å². The van der Waals surface area contributed by atoms with Crippen LogP contribution in [0.5, 0.6) is 0 Å². The van der Waals surface area contributed by atoms with Gasteiger partial charge in [-0.05, 0) is 39.3 Å². The summed E-state index contributed by atoms with van der Waals surface area (Å²) in [6.45, 7) is 11.7. The van der Waals surface area contributed by atoms with Gasteiger partial charge in [-0.1, -0.05) is 11.6 Å². The van der Waals surface area contributed by atoms with Crippen molar-refractivity contribution in [3.8, 4) is 0 Å². The van der Waals surface area contributed by atoms with Crippen molar-refractivity contribution in [3.05, 3.63) is 22.8 Å². The quantitative estimate of drug-likeness (QED) is 0.931. The first kappa shape index (κ1) is 15.5. The number of hydrogen-bond donors (Lipinski definition) is 1. The average Bonchev–Trinajstić information content (AvgIpc) is 2.38. The monoisotopic (exact) mass is 297 g/mol. The van der Waals surface area contributed by atoms with E-state index in [0.717, 1.165) is 37.7 Å². The van der Waals surface area contributed by atoms with Crippen LogP contribution < -0.4 is 10.2 Å². The van der Waals surface area contributed by atoms with Gasteiger partial charge in [-0.15, -0.1) is 0 Å². The molecule has 1 N–H and O–H groups in total. The third-order valence-corrected chi connectivity index (χ3v) is 3.73. The first-order valence-corrected chi connectivity index (χ1v) is 7.48. The van der Waals surface area contributed by atoms with Crippen LogP contribution in [0.4, 0.5) is 5.82 Å². The fraction of sp³-hybridized carbons (Fsp3) is 0.667. The number of anilines is 1. The summed E-state index contributed by atoms with van der Waals surface area (Å²) in [4.78, 5) is 6.75. The van der Waals surface area contributed by atoms with Crippen LogP contribution in [0.15, 0.2) is 12.3 Å². The van der Waals surface area contributed by atoms with Gasteiger partial charge in [0.2, 0.25) is 0 Å². The highest BCUT2D eigenvalue weighted by atomic mass is 35.5. The fourth-order valence-electron chi connectivity index (χ4n) is 2.19. The Morgan fingerprint density at radius 2 is 2.25 bits per heavy atom. The molecule has 4 nitrogen and oxygen atoms in total. The molecular weight excluding hydrogens is 274 g/mol. The highest BCUT2D eigenvalue weighted by Gasteiger charge is 2.21. The zero-order chi connectivity index (χ0) is 14.8. The maximum atomic E-state index is 6.25.